The Balaban J connectivity index is 1.92. The van der Waals surface area contributed by atoms with E-state index < -0.39 is 47.4 Å². The highest BCUT2D eigenvalue weighted by atomic mass is 19.4. The van der Waals surface area contributed by atoms with Gasteiger partial charge >= 0.3 is 12.1 Å². The predicted molar refractivity (Wildman–Crippen MR) is 142 cm³/mol. The number of carboxylic acid groups (broad SMARTS) is 1. The Hall–Kier alpha value is -3.34. The van der Waals surface area contributed by atoms with Gasteiger partial charge in [-0.1, -0.05) is 49.6 Å². The molecule has 4 atom stereocenters. The Bertz CT molecular complexity index is 1200. The van der Waals surface area contributed by atoms with E-state index in [1.54, 1.807) is 44.2 Å². The number of hydrogen-bond donors (Lipinski definition) is 2. The average molecular weight is 564 g/mol. The number of hydrogen-bond acceptors (Lipinski definition) is 6. The minimum Gasteiger partial charge on any atom is -0.480 e. The van der Waals surface area contributed by atoms with Crippen LogP contribution in [0.5, 0.6) is 5.88 Å². The molecular weight excluding hydrogens is 527 g/mol. The van der Waals surface area contributed by atoms with Gasteiger partial charge in [0.15, 0.2) is 0 Å². The van der Waals surface area contributed by atoms with Crippen molar-refractivity contribution in [2.45, 2.75) is 75.9 Å². The molecule has 2 aliphatic rings. The molecule has 4 unspecified atom stereocenters. The summed E-state index contributed by atoms with van der Waals surface area (Å²) in [5.74, 6) is -2.77. The molecule has 0 bridgehead atoms. The van der Waals surface area contributed by atoms with Gasteiger partial charge in [-0.25, -0.2) is 9.78 Å². The third-order valence-corrected chi connectivity index (χ3v) is 8.29. The highest BCUT2D eigenvalue weighted by Crippen LogP contribution is 2.49. The molecule has 0 spiro atoms. The van der Waals surface area contributed by atoms with Gasteiger partial charge in [0.05, 0.1) is 36.0 Å². The van der Waals surface area contributed by atoms with Gasteiger partial charge in [0.2, 0.25) is 11.8 Å². The zero-order valence-corrected chi connectivity index (χ0v) is 23.1. The summed E-state index contributed by atoms with van der Waals surface area (Å²) in [7, 11) is 2.74. The SMILES string of the molecule is COc1ncc(C(F)(F)F)cc1NC1C(c2ccccc2)N(C(=O)C2CCCCC2)C(C(=O)O)C1C(C)(C)OC. The minimum atomic E-state index is -4.66. The molecule has 2 fully saturated rings. The third kappa shape index (κ3) is 5.75. The number of ether oxygens (including phenoxy) is 2. The monoisotopic (exact) mass is 563 g/mol. The average Bonchev–Trinajstić information content (AvgIpc) is 3.29. The second-order valence-electron chi connectivity index (χ2n) is 11.0. The molecule has 1 aromatic heterocycles. The van der Waals surface area contributed by atoms with E-state index in [-0.39, 0.29) is 23.4 Å². The Morgan fingerprint density at radius 2 is 1.73 bits per heavy atom. The molecule has 1 aliphatic heterocycles. The molecule has 1 amide bonds. The van der Waals surface area contributed by atoms with E-state index in [0.29, 0.717) is 24.6 Å². The number of halogens is 3. The van der Waals surface area contributed by atoms with Crippen LogP contribution in [0.4, 0.5) is 18.9 Å². The van der Waals surface area contributed by atoms with Crippen molar-refractivity contribution in [2.75, 3.05) is 19.5 Å². The summed E-state index contributed by atoms with van der Waals surface area (Å²) < 4.78 is 52.1. The summed E-state index contributed by atoms with van der Waals surface area (Å²) >= 11 is 0. The highest BCUT2D eigenvalue weighted by molar-refractivity contribution is 5.87. The van der Waals surface area contributed by atoms with Gasteiger partial charge in [-0.05, 0) is 38.3 Å². The lowest BCUT2D eigenvalue weighted by Gasteiger charge is -2.37. The van der Waals surface area contributed by atoms with Crippen LogP contribution in [0.3, 0.4) is 0 Å². The molecule has 8 nitrogen and oxygen atoms in total. The van der Waals surface area contributed by atoms with Gasteiger partial charge in [-0.15, -0.1) is 0 Å². The molecule has 1 aromatic carbocycles. The molecule has 1 saturated heterocycles. The summed E-state index contributed by atoms with van der Waals surface area (Å²) in [6.07, 6.45) is 0.0977. The van der Waals surface area contributed by atoms with Crippen LogP contribution in [0.2, 0.25) is 0 Å². The van der Waals surface area contributed by atoms with Crippen LogP contribution in [0.1, 0.15) is 63.1 Å². The first-order valence-corrected chi connectivity index (χ1v) is 13.4. The number of aliphatic carboxylic acids is 1. The Morgan fingerprint density at radius 3 is 2.27 bits per heavy atom. The van der Waals surface area contributed by atoms with Crippen LogP contribution in [-0.4, -0.2) is 58.8 Å². The van der Waals surface area contributed by atoms with Gasteiger partial charge in [-0.3, -0.25) is 4.79 Å². The number of anilines is 1. The molecule has 2 aromatic rings. The Kier molecular flexibility index (Phi) is 8.63. The van der Waals surface area contributed by atoms with E-state index in [1.165, 1.54) is 19.1 Å². The van der Waals surface area contributed by atoms with E-state index in [2.05, 4.69) is 10.3 Å². The van der Waals surface area contributed by atoms with Crippen molar-refractivity contribution < 1.29 is 37.3 Å². The number of amides is 1. The van der Waals surface area contributed by atoms with Crippen LogP contribution >= 0.6 is 0 Å². The summed E-state index contributed by atoms with van der Waals surface area (Å²) in [4.78, 5) is 32.5. The smallest absolute Gasteiger partial charge is 0.417 e. The number of benzene rings is 1. The lowest BCUT2D eigenvalue weighted by Crippen LogP contribution is -2.52. The second kappa shape index (κ2) is 11.6. The molecule has 218 valence electrons. The first kappa shape index (κ1) is 29.6. The van der Waals surface area contributed by atoms with E-state index in [9.17, 15) is 27.9 Å². The fourth-order valence-electron chi connectivity index (χ4n) is 6.21. The van der Waals surface area contributed by atoms with E-state index in [1.807, 2.05) is 0 Å². The lowest BCUT2D eigenvalue weighted by atomic mass is 9.79. The van der Waals surface area contributed by atoms with Crippen LogP contribution in [-0.2, 0) is 20.5 Å². The summed E-state index contributed by atoms with van der Waals surface area (Å²) in [6, 6.07) is 6.86. The first-order chi connectivity index (χ1) is 18.9. The molecule has 2 N–H and O–H groups in total. The number of methoxy groups -OCH3 is 2. The van der Waals surface area contributed by atoms with Crippen molar-refractivity contribution in [3.63, 3.8) is 0 Å². The zero-order chi connectivity index (χ0) is 29.2. The largest absolute Gasteiger partial charge is 0.480 e. The van der Waals surface area contributed by atoms with Gasteiger partial charge in [0.1, 0.15) is 6.04 Å². The summed E-state index contributed by atoms with van der Waals surface area (Å²) in [5.41, 5.74) is -1.49. The molecular formula is C29H36F3N3O5. The molecule has 1 saturated carbocycles. The normalized spacial score (nSPS) is 24.1. The number of nitrogens with one attached hydrogen (secondary N) is 1. The maximum Gasteiger partial charge on any atom is 0.417 e. The summed E-state index contributed by atoms with van der Waals surface area (Å²) in [6.45, 7) is 3.45. The molecule has 2 heterocycles. The number of rotatable bonds is 8. The maximum atomic E-state index is 14.2. The van der Waals surface area contributed by atoms with Crippen molar-refractivity contribution in [3.8, 4) is 5.88 Å². The number of aromatic nitrogens is 1. The van der Waals surface area contributed by atoms with E-state index in [0.717, 1.165) is 25.3 Å². The van der Waals surface area contributed by atoms with Gasteiger partial charge in [0.25, 0.3) is 0 Å². The number of pyridine rings is 1. The van der Waals surface area contributed by atoms with Crippen LogP contribution in [0.25, 0.3) is 0 Å². The summed E-state index contributed by atoms with van der Waals surface area (Å²) in [5, 5.41) is 13.8. The molecule has 40 heavy (non-hydrogen) atoms. The van der Waals surface area contributed by atoms with Gasteiger partial charge in [-0.2, -0.15) is 13.2 Å². The third-order valence-electron chi connectivity index (χ3n) is 8.29. The van der Waals surface area contributed by atoms with E-state index in [4.69, 9.17) is 9.47 Å². The quantitative estimate of drug-likeness (QED) is 0.435. The minimum absolute atomic E-state index is 0.0590. The first-order valence-electron chi connectivity index (χ1n) is 13.4. The molecule has 0 radical (unpaired) electrons. The highest BCUT2D eigenvalue weighted by Gasteiger charge is 2.60. The van der Waals surface area contributed by atoms with Crippen molar-refractivity contribution in [1.82, 2.24) is 9.88 Å². The van der Waals surface area contributed by atoms with Gasteiger partial charge < -0.3 is 24.8 Å². The van der Waals surface area contributed by atoms with Crippen molar-refractivity contribution >= 4 is 17.6 Å². The van der Waals surface area contributed by atoms with Gasteiger partial charge in [0, 0.05) is 25.1 Å². The zero-order valence-electron chi connectivity index (χ0n) is 23.1. The van der Waals surface area contributed by atoms with Crippen LogP contribution < -0.4 is 10.1 Å². The lowest BCUT2D eigenvalue weighted by molar-refractivity contribution is -0.156. The maximum absolute atomic E-state index is 14.2. The predicted octanol–water partition coefficient (Wildman–Crippen LogP) is 5.55. The fraction of sp³-hybridized carbons (Fsp3) is 0.552. The fourth-order valence-corrected chi connectivity index (χ4v) is 6.21. The topological polar surface area (TPSA) is 101 Å². The van der Waals surface area contributed by atoms with Crippen molar-refractivity contribution in [1.29, 1.82) is 0 Å². The van der Waals surface area contributed by atoms with Crippen LogP contribution in [0.15, 0.2) is 42.6 Å². The number of alkyl halides is 3. The number of carboxylic acids is 1. The molecule has 1 aliphatic carbocycles. The van der Waals surface area contributed by atoms with Crippen molar-refractivity contribution in [2.24, 2.45) is 11.8 Å². The number of nitrogens with zero attached hydrogens (tertiary/aromatic N) is 2. The molecule has 4 rings (SSSR count). The van der Waals surface area contributed by atoms with Crippen LogP contribution in [0, 0.1) is 11.8 Å². The standard InChI is InChI=1S/C29H36F3N3O5/c1-28(2,40-4)21-22(34-20-15-19(29(30,31)32)16-33-25(20)39-3)23(17-11-7-5-8-12-17)35(24(21)27(37)38)26(36)18-13-9-6-10-14-18/h5,7-8,11-12,15-16,18,21-24,34H,6,9-10,13-14H2,1-4H3,(H,37,38). The number of likely N-dealkylation sites (tertiary alicyclic amines) is 1. The second-order valence-corrected chi connectivity index (χ2v) is 11.0. The van der Waals surface area contributed by atoms with E-state index >= 15 is 0 Å². The van der Waals surface area contributed by atoms with Crippen molar-refractivity contribution in [3.05, 3.63) is 53.7 Å². The Morgan fingerprint density at radius 1 is 1.07 bits per heavy atom. The number of carbonyl (C=O) groups is 2. The molecule has 11 heteroatoms. The Labute approximate surface area is 231 Å². The number of carbonyl (C=O) groups excluding carboxylic acids is 1.